The van der Waals surface area contributed by atoms with E-state index >= 15 is 0 Å². The summed E-state index contributed by atoms with van der Waals surface area (Å²) in [6.45, 7) is 2.12. The molecule has 0 atom stereocenters. The second-order valence-electron chi connectivity index (χ2n) is 3.53. The van der Waals surface area contributed by atoms with Crippen molar-refractivity contribution in [2.75, 3.05) is 0 Å². The van der Waals surface area contributed by atoms with Crippen LogP contribution in [0.3, 0.4) is 0 Å². The predicted molar refractivity (Wildman–Crippen MR) is 66.2 cm³/mol. The van der Waals surface area contributed by atoms with Crippen molar-refractivity contribution < 1.29 is 0 Å². The molecule has 0 aliphatic heterocycles. The van der Waals surface area contributed by atoms with Crippen molar-refractivity contribution in [2.45, 2.75) is 19.8 Å². The zero-order valence-corrected chi connectivity index (χ0v) is 10.6. The Morgan fingerprint density at radius 1 is 1.19 bits per heavy atom. The number of halogens is 1. The summed E-state index contributed by atoms with van der Waals surface area (Å²) in [5, 5.41) is 0. The zero-order chi connectivity index (χ0) is 11.4. The topological polar surface area (TPSA) is 38.7 Å². The molecular formula is C12H12BrN3. The average molecular weight is 278 g/mol. The third-order valence-electron chi connectivity index (χ3n) is 2.40. The lowest BCUT2D eigenvalue weighted by atomic mass is 10.1. The van der Waals surface area contributed by atoms with Crippen molar-refractivity contribution in [1.82, 2.24) is 15.0 Å². The summed E-state index contributed by atoms with van der Waals surface area (Å²) >= 11 is 3.40. The van der Waals surface area contributed by atoms with E-state index in [2.05, 4.69) is 49.9 Å². The number of pyridine rings is 1. The van der Waals surface area contributed by atoms with Crippen LogP contribution in [-0.4, -0.2) is 15.0 Å². The molecule has 0 aliphatic rings. The lowest BCUT2D eigenvalue weighted by Gasteiger charge is -2.03. The van der Waals surface area contributed by atoms with Gasteiger partial charge in [0, 0.05) is 30.1 Å². The van der Waals surface area contributed by atoms with E-state index in [0.717, 1.165) is 28.7 Å². The van der Waals surface area contributed by atoms with E-state index in [-0.39, 0.29) is 0 Å². The summed E-state index contributed by atoms with van der Waals surface area (Å²) in [6.07, 6.45) is 7.04. The molecule has 4 heteroatoms. The lowest BCUT2D eigenvalue weighted by molar-refractivity contribution is 0.989. The monoisotopic (exact) mass is 277 g/mol. The van der Waals surface area contributed by atoms with E-state index in [1.54, 1.807) is 0 Å². The SMILES string of the molecule is CCc1ccc(Cc2cncnc2Br)nc1. The van der Waals surface area contributed by atoms with Crippen LogP contribution in [-0.2, 0) is 12.8 Å². The van der Waals surface area contributed by atoms with E-state index in [1.807, 2.05) is 12.4 Å². The second kappa shape index (κ2) is 5.16. The van der Waals surface area contributed by atoms with Crippen LogP contribution in [0.25, 0.3) is 0 Å². The predicted octanol–water partition coefficient (Wildman–Crippen LogP) is 2.79. The number of hydrogen-bond acceptors (Lipinski definition) is 3. The van der Waals surface area contributed by atoms with Crippen LogP contribution in [0.15, 0.2) is 35.5 Å². The number of nitrogens with zero attached hydrogens (tertiary/aromatic N) is 3. The summed E-state index contributed by atoms with van der Waals surface area (Å²) < 4.78 is 0.837. The number of aromatic nitrogens is 3. The molecule has 0 spiro atoms. The molecule has 0 saturated heterocycles. The highest BCUT2D eigenvalue weighted by Crippen LogP contribution is 2.15. The van der Waals surface area contributed by atoms with E-state index in [1.165, 1.54) is 11.9 Å². The zero-order valence-electron chi connectivity index (χ0n) is 9.02. The summed E-state index contributed by atoms with van der Waals surface area (Å²) in [4.78, 5) is 12.5. The third kappa shape index (κ3) is 2.64. The smallest absolute Gasteiger partial charge is 0.116 e. The maximum Gasteiger partial charge on any atom is 0.116 e. The summed E-state index contributed by atoms with van der Waals surface area (Å²) in [5.41, 5.74) is 3.35. The first kappa shape index (κ1) is 11.2. The van der Waals surface area contributed by atoms with E-state index in [0.29, 0.717) is 0 Å². The van der Waals surface area contributed by atoms with E-state index in [4.69, 9.17) is 0 Å². The van der Waals surface area contributed by atoms with Crippen molar-refractivity contribution >= 4 is 15.9 Å². The molecule has 0 radical (unpaired) electrons. The Kier molecular flexibility index (Phi) is 3.62. The third-order valence-corrected chi connectivity index (χ3v) is 3.11. The van der Waals surface area contributed by atoms with Gasteiger partial charge in [0.15, 0.2) is 0 Å². The van der Waals surface area contributed by atoms with Gasteiger partial charge in [-0.05, 0) is 34.0 Å². The molecule has 2 rings (SSSR count). The Bertz CT molecular complexity index is 468. The molecule has 0 aliphatic carbocycles. The highest BCUT2D eigenvalue weighted by Gasteiger charge is 2.03. The molecular weight excluding hydrogens is 266 g/mol. The van der Waals surface area contributed by atoms with Gasteiger partial charge < -0.3 is 0 Å². The minimum Gasteiger partial charge on any atom is -0.261 e. The highest BCUT2D eigenvalue weighted by molar-refractivity contribution is 9.10. The van der Waals surface area contributed by atoms with Crippen molar-refractivity contribution in [2.24, 2.45) is 0 Å². The fraction of sp³-hybridized carbons (Fsp3) is 0.250. The van der Waals surface area contributed by atoms with E-state index in [9.17, 15) is 0 Å². The Labute approximate surface area is 103 Å². The highest BCUT2D eigenvalue weighted by atomic mass is 79.9. The normalized spacial score (nSPS) is 10.4. The molecule has 0 aromatic carbocycles. The molecule has 2 aromatic rings. The minimum absolute atomic E-state index is 0.755. The van der Waals surface area contributed by atoms with Gasteiger partial charge in [0.25, 0.3) is 0 Å². The fourth-order valence-corrected chi connectivity index (χ4v) is 1.76. The molecule has 0 amide bonds. The van der Waals surface area contributed by atoms with Gasteiger partial charge in [-0.15, -0.1) is 0 Å². The van der Waals surface area contributed by atoms with Gasteiger partial charge in [0.05, 0.1) is 0 Å². The summed E-state index contributed by atoms with van der Waals surface area (Å²) in [7, 11) is 0. The molecule has 0 unspecified atom stereocenters. The van der Waals surface area contributed by atoms with Crippen molar-refractivity contribution in [3.05, 3.63) is 52.3 Å². The van der Waals surface area contributed by atoms with Crippen LogP contribution >= 0.6 is 15.9 Å². The average Bonchev–Trinajstić information content (AvgIpc) is 2.33. The molecule has 0 saturated carbocycles. The number of hydrogen-bond donors (Lipinski definition) is 0. The first-order valence-corrected chi connectivity index (χ1v) is 5.97. The van der Waals surface area contributed by atoms with E-state index < -0.39 is 0 Å². The van der Waals surface area contributed by atoms with Gasteiger partial charge in [0.2, 0.25) is 0 Å². The van der Waals surface area contributed by atoms with Crippen molar-refractivity contribution in [3.63, 3.8) is 0 Å². The van der Waals surface area contributed by atoms with Gasteiger partial charge in [-0.2, -0.15) is 0 Å². The number of aryl methyl sites for hydroxylation is 1. The molecule has 2 heterocycles. The van der Waals surface area contributed by atoms with Crippen LogP contribution < -0.4 is 0 Å². The maximum absolute atomic E-state index is 4.41. The van der Waals surface area contributed by atoms with Gasteiger partial charge in [0.1, 0.15) is 10.9 Å². The fourth-order valence-electron chi connectivity index (χ4n) is 1.43. The quantitative estimate of drug-likeness (QED) is 0.810. The molecule has 0 fully saturated rings. The molecule has 16 heavy (non-hydrogen) atoms. The Morgan fingerprint density at radius 2 is 2.06 bits per heavy atom. The largest absolute Gasteiger partial charge is 0.261 e. The molecule has 0 N–H and O–H groups in total. The Balaban J connectivity index is 2.18. The molecule has 2 aromatic heterocycles. The van der Waals surface area contributed by atoms with Crippen molar-refractivity contribution in [3.8, 4) is 0 Å². The van der Waals surface area contributed by atoms with Gasteiger partial charge >= 0.3 is 0 Å². The molecule has 0 bridgehead atoms. The van der Waals surface area contributed by atoms with Crippen LogP contribution in [0, 0.1) is 0 Å². The lowest BCUT2D eigenvalue weighted by Crippen LogP contribution is -1.96. The maximum atomic E-state index is 4.41. The first-order valence-electron chi connectivity index (χ1n) is 5.17. The second-order valence-corrected chi connectivity index (χ2v) is 4.28. The standard InChI is InChI=1S/C12H12BrN3/c1-2-9-3-4-11(15-6-9)5-10-7-14-8-16-12(10)13/h3-4,6-8H,2,5H2,1H3. The summed E-state index contributed by atoms with van der Waals surface area (Å²) in [5.74, 6) is 0. The van der Waals surface area contributed by atoms with Crippen LogP contribution in [0.5, 0.6) is 0 Å². The number of rotatable bonds is 3. The molecule has 82 valence electrons. The summed E-state index contributed by atoms with van der Waals surface area (Å²) in [6, 6.07) is 4.16. The Morgan fingerprint density at radius 3 is 2.69 bits per heavy atom. The van der Waals surface area contributed by atoms with Gasteiger partial charge in [-0.3, -0.25) is 4.98 Å². The van der Waals surface area contributed by atoms with Crippen molar-refractivity contribution in [1.29, 1.82) is 0 Å². The van der Waals surface area contributed by atoms with Gasteiger partial charge in [-0.1, -0.05) is 13.0 Å². The van der Waals surface area contributed by atoms with Crippen LogP contribution in [0.2, 0.25) is 0 Å². The van der Waals surface area contributed by atoms with Crippen LogP contribution in [0.1, 0.15) is 23.7 Å². The first-order chi connectivity index (χ1) is 7.79. The molecule has 3 nitrogen and oxygen atoms in total. The van der Waals surface area contributed by atoms with Crippen LogP contribution in [0.4, 0.5) is 0 Å². The Hall–Kier alpha value is -1.29. The van der Waals surface area contributed by atoms with Gasteiger partial charge in [-0.25, -0.2) is 9.97 Å². The minimum atomic E-state index is 0.755.